The van der Waals surface area contributed by atoms with Gasteiger partial charge in [0.25, 0.3) is 0 Å². The Labute approximate surface area is 147 Å². The quantitative estimate of drug-likeness (QED) is 0.364. The molecule has 0 bridgehead atoms. The van der Waals surface area contributed by atoms with Gasteiger partial charge in [-0.15, -0.1) is 6.07 Å². The largest absolute Gasteiger partial charge is 0.465 e. The van der Waals surface area contributed by atoms with E-state index in [0.717, 1.165) is 0 Å². The van der Waals surface area contributed by atoms with Gasteiger partial charge in [0.2, 0.25) is 0 Å². The second kappa shape index (κ2) is 8.00. The summed E-state index contributed by atoms with van der Waals surface area (Å²) in [5.74, 6) is -0.453. The molecule has 0 atom stereocenters. The number of benzene rings is 2. The van der Waals surface area contributed by atoms with Crippen LogP contribution in [0.15, 0.2) is 42.5 Å². The van der Waals surface area contributed by atoms with E-state index in [-0.39, 0.29) is 44.8 Å². The Balaban J connectivity index is 0.00000220. The van der Waals surface area contributed by atoms with E-state index in [0.29, 0.717) is 16.7 Å². The first-order chi connectivity index (χ1) is 9.63. The van der Waals surface area contributed by atoms with Crippen molar-refractivity contribution in [3.05, 3.63) is 75.3 Å². The fourth-order valence-electron chi connectivity index (χ4n) is 1.96. The molecule has 0 heterocycles. The van der Waals surface area contributed by atoms with Crippen LogP contribution in [0.3, 0.4) is 0 Å². The first kappa shape index (κ1) is 17.5. The Morgan fingerprint density at radius 2 is 2.00 bits per heavy atom. The number of hydrogen-bond acceptors (Lipinski definition) is 4. The van der Waals surface area contributed by atoms with Gasteiger partial charge in [0.1, 0.15) is 0 Å². The van der Waals surface area contributed by atoms with Gasteiger partial charge >= 0.3 is 5.97 Å². The smallest absolute Gasteiger partial charge is 0.338 e. The van der Waals surface area contributed by atoms with Crippen molar-refractivity contribution >= 4 is 11.7 Å². The summed E-state index contributed by atoms with van der Waals surface area (Å²) in [4.78, 5) is 22.2. The third-order valence-electron chi connectivity index (χ3n) is 2.93. The molecule has 6 heteroatoms. The molecule has 0 saturated heterocycles. The van der Waals surface area contributed by atoms with Crippen LogP contribution in [0, 0.1) is 16.2 Å². The van der Waals surface area contributed by atoms with Crippen molar-refractivity contribution in [2.24, 2.45) is 0 Å². The Morgan fingerprint density at radius 3 is 2.67 bits per heavy atom. The van der Waals surface area contributed by atoms with Gasteiger partial charge in [0.05, 0.1) is 12.7 Å². The first-order valence-electron chi connectivity index (χ1n) is 5.93. The molecule has 0 aliphatic carbocycles. The van der Waals surface area contributed by atoms with E-state index < -0.39 is 10.9 Å². The molecule has 105 valence electrons. The standard InChI is InChI=1S/C15H12NO4.Y/c1-20-15(17)13-8-4-2-6-11(13)10-12-7-3-5-9-14(12)16(18)19;/h2-4,6-9H,10H2,1H3;/q-1;. The van der Waals surface area contributed by atoms with Crippen LogP contribution in [0.5, 0.6) is 0 Å². The van der Waals surface area contributed by atoms with Crippen LogP contribution < -0.4 is 0 Å². The van der Waals surface area contributed by atoms with E-state index in [1.54, 1.807) is 36.4 Å². The van der Waals surface area contributed by atoms with Gasteiger partial charge in [-0.3, -0.25) is 10.1 Å². The summed E-state index contributed by atoms with van der Waals surface area (Å²) in [7, 11) is 1.30. The van der Waals surface area contributed by atoms with Gasteiger partial charge in [-0.05, 0) is 18.1 Å². The Bertz CT molecular complexity index is 658. The number of esters is 1. The van der Waals surface area contributed by atoms with Crippen molar-refractivity contribution in [2.75, 3.05) is 7.11 Å². The molecular formula is C15H12NO4Y-. The number of hydrogen-bond donors (Lipinski definition) is 0. The number of ether oxygens (including phenoxy) is 1. The molecule has 0 saturated carbocycles. The van der Waals surface area contributed by atoms with Crippen LogP contribution in [0.1, 0.15) is 21.5 Å². The molecule has 0 amide bonds. The zero-order valence-electron chi connectivity index (χ0n) is 11.4. The number of carbonyl (C=O) groups is 1. The van der Waals surface area contributed by atoms with Crippen LogP contribution in [0.4, 0.5) is 5.69 Å². The van der Waals surface area contributed by atoms with Crippen LogP contribution in [-0.2, 0) is 43.9 Å². The van der Waals surface area contributed by atoms with Gasteiger partial charge in [0, 0.05) is 37.6 Å². The van der Waals surface area contributed by atoms with Gasteiger partial charge in [0.15, 0.2) is 5.69 Å². The SMILES string of the molecule is COC(=O)c1ccccc1Cc1cc[c-]cc1[N+](=O)[O-].[Y]. The van der Waals surface area contributed by atoms with Crippen LogP contribution >= 0.6 is 0 Å². The maximum absolute atomic E-state index is 11.7. The summed E-state index contributed by atoms with van der Waals surface area (Å²) in [6.45, 7) is 0. The van der Waals surface area contributed by atoms with Crippen LogP contribution in [0.2, 0.25) is 0 Å². The van der Waals surface area contributed by atoms with Gasteiger partial charge in [-0.1, -0.05) is 23.8 Å². The van der Waals surface area contributed by atoms with Crippen molar-refractivity contribution in [1.29, 1.82) is 0 Å². The average molecular weight is 359 g/mol. The molecule has 2 aromatic carbocycles. The molecule has 2 rings (SSSR count). The third kappa shape index (κ3) is 4.19. The van der Waals surface area contributed by atoms with E-state index in [1.807, 2.05) is 0 Å². The molecule has 0 unspecified atom stereocenters. The molecule has 1 radical (unpaired) electrons. The number of nitro benzene ring substituents is 1. The fraction of sp³-hybridized carbons (Fsp3) is 0.133. The molecule has 0 aromatic heterocycles. The van der Waals surface area contributed by atoms with Crippen molar-refractivity contribution < 1.29 is 47.2 Å². The maximum Gasteiger partial charge on any atom is 0.338 e. The molecule has 0 aliphatic rings. The molecule has 2 aromatic rings. The van der Waals surface area contributed by atoms with E-state index in [1.165, 1.54) is 13.2 Å². The summed E-state index contributed by atoms with van der Waals surface area (Å²) in [5, 5.41) is 11.0. The summed E-state index contributed by atoms with van der Waals surface area (Å²) < 4.78 is 4.71. The fourth-order valence-corrected chi connectivity index (χ4v) is 1.96. The maximum atomic E-state index is 11.7. The summed E-state index contributed by atoms with van der Waals surface area (Å²) in [6.07, 6.45) is 0.288. The molecule has 0 fully saturated rings. The van der Waals surface area contributed by atoms with Gasteiger partial charge in [-0.25, -0.2) is 4.79 Å². The molecule has 21 heavy (non-hydrogen) atoms. The van der Waals surface area contributed by atoms with Crippen LogP contribution in [-0.4, -0.2) is 18.0 Å². The minimum Gasteiger partial charge on any atom is -0.465 e. The summed E-state index contributed by atoms with van der Waals surface area (Å²) in [5.41, 5.74) is 1.63. The second-order valence-corrected chi connectivity index (χ2v) is 4.14. The minimum atomic E-state index is -0.453. The third-order valence-corrected chi connectivity index (χ3v) is 2.93. The summed E-state index contributed by atoms with van der Waals surface area (Å²) >= 11 is 0. The average Bonchev–Trinajstić information content (AvgIpc) is 2.47. The number of nitrogens with zero attached hydrogens (tertiary/aromatic N) is 1. The zero-order chi connectivity index (χ0) is 14.5. The first-order valence-corrected chi connectivity index (χ1v) is 5.93. The van der Waals surface area contributed by atoms with Crippen molar-refractivity contribution in [1.82, 2.24) is 0 Å². The Kier molecular flexibility index (Phi) is 6.66. The van der Waals surface area contributed by atoms with Gasteiger partial charge < -0.3 is 4.74 Å². The Morgan fingerprint density at radius 1 is 1.29 bits per heavy atom. The van der Waals surface area contributed by atoms with E-state index in [4.69, 9.17) is 4.74 Å². The monoisotopic (exact) mass is 359 g/mol. The minimum absolute atomic E-state index is 0. The van der Waals surface area contributed by atoms with Crippen molar-refractivity contribution in [3.8, 4) is 0 Å². The second-order valence-electron chi connectivity index (χ2n) is 4.14. The van der Waals surface area contributed by atoms with E-state index in [9.17, 15) is 14.9 Å². The zero-order valence-corrected chi connectivity index (χ0v) is 14.2. The molecular weight excluding hydrogens is 347 g/mol. The van der Waals surface area contributed by atoms with Crippen LogP contribution in [0.25, 0.3) is 0 Å². The molecule has 0 N–H and O–H groups in total. The molecule has 0 spiro atoms. The Hall–Kier alpha value is -1.59. The topological polar surface area (TPSA) is 69.4 Å². The predicted molar refractivity (Wildman–Crippen MR) is 72.5 cm³/mol. The molecule has 5 nitrogen and oxygen atoms in total. The van der Waals surface area contributed by atoms with Crippen molar-refractivity contribution in [3.63, 3.8) is 0 Å². The number of rotatable bonds is 4. The predicted octanol–water partition coefficient (Wildman–Crippen LogP) is 2.77. The normalized spacial score (nSPS) is 9.57. The number of carbonyl (C=O) groups excluding carboxylic acids is 1. The van der Waals surface area contributed by atoms with E-state index >= 15 is 0 Å². The molecule has 0 aliphatic heterocycles. The number of methoxy groups -OCH3 is 1. The number of nitro groups is 1. The van der Waals surface area contributed by atoms with Crippen molar-refractivity contribution in [2.45, 2.75) is 6.42 Å². The summed E-state index contributed by atoms with van der Waals surface area (Å²) in [6, 6.07) is 14.2. The van der Waals surface area contributed by atoms with Gasteiger partial charge in [-0.2, -0.15) is 18.2 Å². The van der Waals surface area contributed by atoms with E-state index in [2.05, 4.69) is 6.07 Å².